The highest BCUT2D eigenvalue weighted by molar-refractivity contribution is 7.90. The van der Waals surface area contributed by atoms with E-state index in [0.29, 0.717) is 0 Å². The molecule has 0 aliphatic rings. The van der Waals surface area contributed by atoms with Gasteiger partial charge in [0.1, 0.15) is 0 Å². The first kappa shape index (κ1) is 15.8. The van der Waals surface area contributed by atoms with Crippen LogP contribution < -0.4 is 4.72 Å². The summed E-state index contributed by atoms with van der Waals surface area (Å²) in [5.74, 6) is -2.23. The zero-order chi connectivity index (χ0) is 13.6. The topological polar surface area (TPSA) is 119 Å². The van der Waals surface area contributed by atoms with Gasteiger partial charge in [-0.25, -0.2) is 17.9 Å². The van der Waals surface area contributed by atoms with Crippen LogP contribution in [0.4, 0.5) is 0 Å². The summed E-state index contributed by atoms with van der Waals surface area (Å²) >= 11 is 0. The summed E-state index contributed by atoms with van der Waals surface area (Å²) in [5.41, 5.74) is 0. The number of carboxylic acids is 1. The summed E-state index contributed by atoms with van der Waals surface area (Å²) < 4.78 is 33.8. The molecule has 0 saturated carbocycles. The molecular formula is C8H15NO7S. The molecule has 0 aliphatic heterocycles. The minimum Gasteiger partial charge on any atom is -0.479 e. The largest absolute Gasteiger partial charge is 0.479 e. The van der Waals surface area contributed by atoms with Crippen LogP contribution in [0, 0.1) is 0 Å². The van der Waals surface area contributed by atoms with Gasteiger partial charge in [0, 0.05) is 13.7 Å². The maximum atomic E-state index is 11.5. The van der Waals surface area contributed by atoms with Crippen molar-refractivity contribution < 1.29 is 32.6 Å². The second-order valence-corrected chi connectivity index (χ2v) is 5.21. The molecule has 0 aromatic carbocycles. The van der Waals surface area contributed by atoms with Gasteiger partial charge < -0.3 is 14.6 Å². The van der Waals surface area contributed by atoms with Crippen LogP contribution in [0.25, 0.3) is 0 Å². The van der Waals surface area contributed by atoms with Gasteiger partial charge in [0.15, 0.2) is 11.4 Å². The zero-order valence-electron chi connectivity index (χ0n) is 9.67. The number of carboxylic acid groups (broad SMARTS) is 1. The number of nitrogens with one attached hydrogen (secondary N) is 1. The van der Waals surface area contributed by atoms with Crippen LogP contribution in [-0.2, 0) is 29.1 Å². The molecule has 9 heteroatoms. The lowest BCUT2D eigenvalue weighted by Crippen LogP contribution is -2.43. The van der Waals surface area contributed by atoms with Gasteiger partial charge in [-0.05, 0) is 6.92 Å². The minimum absolute atomic E-state index is 0.463. The third-order valence-corrected chi connectivity index (χ3v) is 3.72. The molecule has 2 N–H and O–H groups in total. The van der Waals surface area contributed by atoms with Crippen molar-refractivity contribution in [3.05, 3.63) is 0 Å². The van der Waals surface area contributed by atoms with E-state index >= 15 is 0 Å². The van der Waals surface area contributed by atoms with Crippen LogP contribution in [0.15, 0.2) is 0 Å². The fraction of sp³-hybridized carbons (Fsp3) is 0.750. The lowest BCUT2D eigenvalue weighted by atomic mass is 10.4. The van der Waals surface area contributed by atoms with E-state index in [0.717, 1.165) is 21.1 Å². The van der Waals surface area contributed by atoms with Crippen LogP contribution in [0.2, 0.25) is 0 Å². The molecule has 8 nitrogen and oxygen atoms in total. The Morgan fingerprint density at radius 3 is 2.24 bits per heavy atom. The van der Waals surface area contributed by atoms with Crippen molar-refractivity contribution in [2.24, 2.45) is 0 Å². The Morgan fingerprint density at radius 2 is 1.88 bits per heavy atom. The number of methoxy groups -OCH3 is 2. The maximum absolute atomic E-state index is 11.5. The number of aliphatic carboxylic acids is 1. The quantitative estimate of drug-likeness (QED) is 0.543. The number of hydrogen-bond donors (Lipinski definition) is 2. The van der Waals surface area contributed by atoms with Crippen LogP contribution in [-0.4, -0.2) is 57.6 Å². The summed E-state index contributed by atoms with van der Waals surface area (Å²) in [6.07, 6.45) is -1.31. The molecule has 0 heterocycles. The first-order chi connectivity index (χ1) is 7.76. The third-order valence-electron chi connectivity index (χ3n) is 2.03. The highest BCUT2D eigenvalue weighted by Gasteiger charge is 2.30. The molecule has 0 fully saturated rings. The predicted octanol–water partition coefficient (Wildman–Crippen LogP) is -1.43. The molecule has 0 amide bonds. The van der Waals surface area contributed by atoms with E-state index in [1.54, 1.807) is 0 Å². The summed E-state index contributed by atoms with van der Waals surface area (Å²) in [6, 6.07) is 0. The summed E-state index contributed by atoms with van der Waals surface area (Å²) in [5, 5.41) is 7.19. The maximum Gasteiger partial charge on any atom is 0.334 e. The molecular weight excluding hydrogens is 254 g/mol. The van der Waals surface area contributed by atoms with Crippen molar-refractivity contribution in [2.75, 3.05) is 20.8 Å². The van der Waals surface area contributed by atoms with Crippen molar-refractivity contribution in [3.8, 4) is 0 Å². The Hall–Kier alpha value is -1.19. The van der Waals surface area contributed by atoms with Crippen LogP contribution >= 0.6 is 0 Å². The lowest BCUT2D eigenvalue weighted by molar-refractivity contribution is -0.147. The fourth-order valence-corrected chi connectivity index (χ4v) is 1.86. The Morgan fingerprint density at radius 1 is 1.35 bits per heavy atom. The number of carbonyl (C=O) groups excluding carboxylic acids is 1. The van der Waals surface area contributed by atoms with Gasteiger partial charge >= 0.3 is 11.9 Å². The van der Waals surface area contributed by atoms with E-state index < -0.39 is 39.9 Å². The van der Waals surface area contributed by atoms with E-state index in [1.165, 1.54) is 0 Å². The average Bonchev–Trinajstić information content (AvgIpc) is 2.27. The Balaban J connectivity index is 4.56. The number of esters is 1. The predicted molar refractivity (Wildman–Crippen MR) is 56.8 cm³/mol. The number of ether oxygens (including phenoxy) is 2. The van der Waals surface area contributed by atoms with E-state index in [1.807, 2.05) is 4.72 Å². The van der Waals surface area contributed by atoms with E-state index in [-0.39, 0.29) is 0 Å². The standard InChI is InChI=1S/C8H15NO7S/c1-5(8(12)16-3)17(13,14)9-4-6(15-2)7(10)11/h5-6,9H,4H2,1-3H3,(H,10,11). The minimum atomic E-state index is -3.98. The van der Waals surface area contributed by atoms with Gasteiger partial charge in [-0.3, -0.25) is 4.79 Å². The van der Waals surface area contributed by atoms with Gasteiger partial charge in [0.25, 0.3) is 0 Å². The number of carbonyl (C=O) groups is 2. The highest BCUT2D eigenvalue weighted by Crippen LogP contribution is 2.01. The lowest BCUT2D eigenvalue weighted by Gasteiger charge is -2.14. The van der Waals surface area contributed by atoms with Gasteiger partial charge in [-0.15, -0.1) is 0 Å². The summed E-state index contributed by atoms with van der Waals surface area (Å²) in [4.78, 5) is 21.6. The molecule has 0 rings (SSSR count). The van der Waals surface area contributed by atoms with E-state index in [4.69, 9.17) is 5.11 Å². The monoisotopic (exact) mass is 269 g/mol. The highest BCUT2D eigenvalue weighted by atomic mass is 32.2. The molecule has 0 radical (unpaired) electrons. The first-order valence-electron chi connectivity index (χ1n) is 4.58. The third kappa shape index (κ3) is 4.67. The van der Waals surface area contributed by atoms with Gasteiger partial charge in [-0.1, -0.05) is 0 Å². The second-order valence-electron chi connectivity index (χ2n) is 3.12. The van der Waals surface area contributed by atoms with Crippen LogP contribution in [0.1, 0.15) is 6.92 Å². The molecule has 0 bridgehead atoms. The van der Waals surface area contributed by atoms with Crippen molar-refractivity contribution in [1.29, 1.82) is 0 Å². The van der Waals surface area contributed by atoms with E-state index in [2.05, 4.69) is 9.47 Å². The Kier molecular flexibility index (Phi) is 6.07. The Bertz CT molecular complexity index is 377. The summed E-state index contributed by atoms with van der Waals surface area (Å²) in [6.45, 7) is 0.673. The number of rotatable bonds is 7. The zero-order valence-corrected chi connectivity index (χ0v) is 10.5. The second kappa shape index (κ2) is 6.52. The Labute approximate surface area is 98.9 Å². The molecule has 0 saturated heterocycles. The fourth-order valence-electron chi connectivity index (χ4n) is 0.881. The molecule has 17 heavy (non-hydrogen) atoms. The van der Waals surface area contributed by atoms with Gasteiger partial charge in [-0.2, -0.15) is 0 Å². The summed E-state index contributed by atoms with van der Waals surface area (Å²) in [7, 11) is -1.78. The molecule has 0 aromatic heterocycles. The van der Waals surface area contributed by atoms with E-state index in [9.17, 15) is 18.0 Å². The van der Waals surface area contributed by atoms with Crippen molar-refractivity contribution in [1.82, 2.24) is 4.72 Å². The molecule has 2 unspecified atom stereocenters. The average molecular weight is 269 g/mol. The van der Waals surface area contributed by atoms with Gasteiger partial charge in [0.2, 0.25) is 10.0 Å². The van der Waals surface area contributed by atoms with Crippen molar-refractivity contribution >= 4 is 22.0 Å². The van der Waals surface area contributed by atoms with Gasteiger partial charge in [0.05, 0.1) is 7.11 Å². The smallest absolute Gasteiger partial charge is 0.334 e. The number of hydrogen-bond acceptors (Lipinski definition) is 6. The van der Waals surface area contributed by atoms with Crippen LogP contribution in [0.5, 0.6) is 0 Å². The molecule has 0 aliphatic carbocycles. The molecule has 0 aromatic rings. The van der Waals surface area contributed by atoms with Crippen LogP contribution in [0.3, 0.4) is 0 Å². The normalized spacial score (nSPS) is 15.0. The van der Waals surface area contributed by atoms with Crippen molar-refractivity contribution in [2.45, 2.75) is 18.3 Å². The first-order valence-corrected chi connectivity index (χ1v) is 6.12. The molecule has 100 valence electrons. The number of sulfonamides is 1. The SMILES string of the molecule is COC(=O)C(C)S(=O)(=O)NCC(OC)C(=O)O. The molecule has 2 atom stereocenters. The van der Waals surface area contributed by atoms with Crippen molar-refractivity contribution in [3.63, 3.8) is 0 Å². The molecule has 0 spiro atoms.